The van der Waals surface area contributed by atoms with Crippen LogP contribution >= 0.6 is 0 Å². The molecule has 2 heterocycles. The minimum absolute atomic E-state index is 0.00739. The van der Waals surface area contributed by atoms with Crippen molar-refractivity contribution in [2.45, 2.75) is 76.3 Å². The lowest BCUT2D eigenvalue weighted by Crippen LogP contribution is -2.38. The summed E-state index contributed by atoms with van der Waals surface area (Å²) in [6, 6.07) is 1.27. The molecule has 0 spiro atoms. The number of carboxylic acids is 1. The van der Waals surface area contributed by atoms with Crippen molar-refractivity contribution < 1.29 is 36.6 Å². The molecular formula is C24H27F5N6O3. The summed E-state index contributed by atoms with van der Waals surface area (Å²) in [4.78, 5) is 35.8. The standard InChI is InChI=1S/C24H27F5N6O3/c1-11(2)35-21(30-10-31-35)22(36)34-18(12-5-7-24(28,29)8-6-12)20-32-15-4-3-13(17(27)19(15)33-20)14(23(37)38)9-16(25)26/h3-4,10-12,14,16,18H,5-9H2,1-2H3,(H,32,33)(H,34,36)(H,37,38). The molecule has 38 heavy (non-hydrogen) atoms. The Morgan fingerprint density at radius 3 is 2.53 bits per heavy atom. The third-order valence-corrected chi connectivity index (χ3v) is 6.81. The fourth-order valence-electron chi connectivity index (χ4n) is 4.83. The van der Waals surface area contributed by atoms with Crippen LogP contribution in [0.1, 0.15) is 86.0 Å². The molecule has 1 amide bonds. The first-order chi connectivity index (χ1) is 17.9. The number of H-pyrrole nitrogens is 1. The van der Waals surface area contributed by atoms with Gasteiger partial charge in [0, 0.05) is 30.9 Å². The van der Waals surface area contributed by atoms with Crippen molar-refractivity contribution in [1.82, 2.24) is 30.0 Å². The molecule has 2 atom stereocenters. The second kappa shape index (κ2) is 10.7. The molecule has 2 unspecified atom stereocenters. The van der Waals surface area contributed by atoms with Gasteiger partial charge in [0.2, 0.25) is 18.2 Å². The van der Waals surface area contributed by atoms with Gasteiger partial charge in [0.25, 0.3) is 5.91 Å². The Kier molecular flexibility index (Phi) is 7.70. The maximum absolute atomic E-state index is 15.4. The number of rotatable bonds is 9. The van der Waals surface area contributed by atoms with E-state index in [1.807, 2.05) is 0 Å². The van der Waals surface area contributed by atoms with Crippen molar-refractivity contribution >= 4 is 22.9 Å². The van der Waals surface area contributed by atoms with E-state index in [1.54, 1.807) is 13.8 Å². The lowest BCUT2D eigenvalue weighted by Gasteiger charge is -2.33. The van der Waals surface area contributed by atoms with Gasteiger partial charge in [-0.15, -0.1) is 0 Å². The number of fused-ring (bicyclic) bond motifs is 1. The Bertz CT molecular complexity index is 1310. The third kappa shape index (κ3) is 5.63. The number of carboxylic acid groups (broad SMARTS) is 1. The predicted molar refractivity (Wildman–Crippen MR) is 125 cm³/mol. The van der Waals surface area contributed by atoms with Crippen LogP contribution in [0.3, 0.4) is 0 Å². The van der Waals surface area contributed by atoms with Crippen molar-refractivity contribution in [3.05, 3.63) is 41.5 Å². The number of nitrogens with zero attached hydrogens (tertiary/aromatic N) is 4. The number of aromatic nitrogens is 5. The van der Waals surface area contributed by atoms with E-state index < -0.39 is 72.7 Å². The summed E-state index contributed by atoms with van der Waals surface area (Å²) in [7, 11) is 0. The maximum atomic E-state index is 15.4. The number of amides is 1. The molecule has 14 heteroatoms. The van der Waals surface area contributed by atoms with Crippen molar-refractivity contribution in [1.29, 1.82) is 0 Å². The molecular weight excluding hydrogens is 515 g/mol. The lowest BCUT2D eigenvalue weighted by atomic mass is 9.81. The second-order valence-corrected chi connectivity index (χ2v) is 9.77. The summed E-state index contributed by atoms with van der Waals surface area (Å²) < 4.78 is 70.4. The van der Waals surface area contributed by atoms with Gasteiger partial charge in [-0.25, -0.2) is 36.6 Å². The van der Waals surface area contributed by atoms with E-state index >= 15 is 4.39 Å². The first kappa shape index (κ1) is 27.5. The number of carbonyl (C=O) groups is 2. The van der Waals surface area contributed by atoms with E-state index in [-0.39, 0.29) is 41.6 Å². The molecule has 3 aromatic rings. The van der Waals surface area contributed by atoms with Crippen molar-refractivity contribution in [3.63, 3.8) is 0 Å². The van der Waals surface area contributed by atoms with Gasteiger partial charge in [-0.1, -0.05) is 6.07 Å². The Morgan fingerprint density at radius 2 is 1.92 bits per heavy atom. The Morgan fingerprint density at radius 1 is 1.24 bits per heavy atom. The molecule has 4 rings (SSSR count). The number of aliphatic carboxylic acids is 1. The largest absolute Gasteiger partial charge is 0.481 e. The van der Waals surface area contributed by atoms with Crippen LogP contribution in [0, 0.1) is 11.7 Å². The van der Waals surface area contributed by atoms with Gasteiger partial charge in [-0.2, -0.15) is 5.10 Å². The zero-order chi connectivity index (χ0) is 27.8. The first-order valence-electron chi connectivity index (χ1n) is 12.1. The number of halogens is 5. The van der Waals surface area contributed by atoms with E-state index in [9.17, 15) is 32.3 Å². The van der Waals surface area contributed by atoms with Crippen LogP contribution in [0.4, 0.5) is 22.0 Å². The van der Waals surface area contributed by atoms with Gasteiger partial charge in [-0.3, -0.25) is 9.59 Å². The Labute approximate surface area is 213 Å². The number of imidazole rings is 1. The Balaban J connectivity index is 1.72. The zero-order valence-corrected chi connectivity index (χ0v) is 20.6. The molecule has 206 valence electrons. The van der Waals surface area contributed by atoms with Gasteiger partial charge in [0.05, 0.1) is 17.5 Å². The first-order valence-corrected chi connectivity index (χ1v) is 12.1. The molecule has 9 nitrogen and oxygen atoms in total. The number of benzene rings is 1. The van der Waals surface area contributed by atoms with E-state index in [2.05, 4.69) is 25.4 Å². The molecule has 3 N–H and O–H groups in total. The predicted octanol–water partition coefficient (Wildman–Crippen LogP) is 4.99. The summed E-state index contributed by atoms with van der Waals surface area (Å²) in [5.41, 5.74) is -0.622. The number of aromatic amines is 1. The highest BCUT2D eigenvalue weighted by molar-refractivity contribution is 5.91. The van der Waals surface area contributed by atoms with Crippen molar-refractivity contribution in [2.75, 3.05) is 0 Å². The smallest absolute Gasteiger partial charge is 0.311 e. The SMILES string of the molecule is CC(C)n1ncnc1C(=O)NC(c1nc2c(F)c(C(CC(F)F)C(=O)O)ccc2[nH]1)C1CCC(F)(F)CC1. The van der Waals surface area contributed by atoms with Crippen LogP contribution in [-0.2, 0) is 4.79 Å². The number of carbonyl (C=O) groups excluding carboxylic acids is 1. The molecule has 1 saturated carbocycles. The quantitative estimate of drug-likeness (QED) is 0.327. The highest BCUT2D eigenvalue weighted by Crippen LogP contribution is 2.41. The summed E-state index contributed by atoms with van der Waals surface area (Å²) in [6.07, 6.45) is -3.55. The van der Waals surface area contributed by atoms with E-state index in [4.69, 9.17) is 0 Å². The molecule has 2 aromatic heterocycles. The van der Waals surface area contributed by atoms with Crippen molar-refractivity contribution in [2.24, 2.45) is 5.92 Å². The van der Waals surface area contributed by atoms with Gasteiger partial charge in [0.15, 0.2) is 5.82 Å². The van der Waals surface area contributed by atoms with Crippen LogP contribution < -0.4 is 5.32 Å². The fourth-order valence-corrected chi connectivity index (χ4v) is 4.83. The van der Waals surface area contributed by atoms with E-state index in [0.29, 0.717) is 0 Å². The third-order valence-electron chi connectivity index (χ3n) is 6.81. The molecule has 1 aliphatic rings. The second-order valence-electron chi connectivity index (χ2n) is 9.77. The van der Waals surface area contributed by atoms with E-state index in [1.165, 1.54) is 17.1 Å². The summed E-state index contributed by atoms with van der Waals surface area (Å²) >= 11 is 0. The fraction of sp³-hybridized carbons (Fsp3) is 0.542. The monoisotopic (exact) mass is 542 g/mol. The minimum Gasteiger partial charge on any atom is -0.481 e. The molecule has 1 aliphatic carbocycles. The average Bonchev–Trinajstić information content (AvgIpc) is 3.50. The number of hydrogen-bond donors (Lipinski definition) is 3. The molecule has 0 bridgehead atoms. The number of alkyl halides is 4. The van der Waals surface area contributed by atoms with Gasteiger partial charge >= 0.3 is 5.97 Å². The summed E-state index contributed by atoms with van der Waals surface area (Å²) in [6.45, 7) is 3.59. The van der Waals surface area contributed by atoms with Crippen LogP contribution in [-0.4, -0.2) is 54.1 Å². The number of nitrogens with one attached hydrogen (secondary N) is 2. The number of hydrogen-bond acceptors (Lipinski definition) is 5. The highest BCUT2D eigenvalue weighted by atomic mass is 19.3. The van der Waals surface area contributed by atoms with Crippen LogP contribution in [0.25, 0.3) is 11.0 Å². The molecule has 1 aromatic carbocycles. The average molecular weight is 543 g/mol. The lowest BCUT2D eigenvalue weighted by molar-refractivity contribution is -0.140. The van der Waals surface area contributed by atoms with Gasteiger partial charge in [0.1, 0.15) is 17.7 Å². The van der Waals surface area contributed by atoms with Gasteiger partial charge in [-0.05, 0) is 38.7 Å². The molecule has 0 aliphatic heterocycles. The summed E-state index contributed by atoms with van der Waals surface area (Å²) in [5.74, 6) is -8.39. The van der Waals surface area contributed by atoms with E-state index in [0.717, 1.165) is 6.07 Å². The molecule has 0 radical (unpaired) electrons. The topological polar surface area (TPSA) is 126 Å². The minimum atomic E-state index is -2.97. The summed E-state index contributed by atoms with van der Waals surface area (Å²) in [5, 5.41) is 16.2. The molecule has 1 fully saturated rings. The van der Waals surface area contributed by atoms with Gasteiger partial charge < -0.3 is 15.4 Å². The van der Waals surface area contributed by atoms with Crippen LogP contribution in [0.5, 0.6) is 0 Å². The molecule has 0 saturated heterocycles. The Hall–Kier alpha value is -3.58. The van der Waals surface area contributed by atoms with Crippen LogP contribution in [0.2, 0.25) is 0 Å². The zero-order valence-electron chi connectivity index (χ0n) is 20.6. The maximum Gasteiger partial charge on any atom is 0.311 e. The highest BCUT2D eigenvalue weighted by Gasteiger charge is 2.40. The normalized spacial score (nSPS) is 17.7. The van der Waals surface area contributed by atoms with Crippen molar-refractivity contribution in [3.8, 4) is 0 Å². The van der Waals surface area contributed by atoms with Crippen LogP contribution in [0.15, 0.2) is 18.5 Å².